The number of aryl methyl sites for hydroxylation is 1. The normalized spacial score (nSPS) is 16.0. The van der Waals surface area contributed by atoms with Crippen LogP contribution in [0.3, 0.4) is 0 Å². The molecule has 0 radical (unpaired) electrons. The van der Waals surface area contributed by atoms with Crippen LogP contribution in [0.5, 0.6) is 5.75 Å². The number of ketones is 1. The lowest BCUT2D eigenvalue weighted by molar-refractivity contribution is 0.0164. The summed E-state index contributed by atoms with van der Waals surface area (Å²) in [7, 11) is 0. The Bertz CT molecular complexity index is 442. The number of Topliss-reactive ketones (excluding diaryl/α,β-unsaturated/α-hetero) is 1. The zero-order valence-electron chi connectivity index (χ0n) is 11.2. The molecule has 4 nitrogen and oxygen atoms in total. The van der Waals surface area contributed by atoms with Gasteiger partial charge in [0.25, 0.3) is 0 Å². The summed E-state index contributed by atoms with van der Waals surface area (Å²) in [5.74, 6) is 0.910. The standard InChI is InChI=1S/C15H20O4/c1-2-18-9-12(16)10-19-13-6-7-14-11(8-13)4-3-5-15(14)17/h6-8,12,16H,2-5,9-10H2,1H3/t12-/m0/s1. The number of aliphatic hydroxyl groups is 1. The van der Waals surface area contributed by atoms with Crippen LogP contribution >= 0.6 is 0 Å². The fourth-order valence-corrected chi connectivity index (χ4v) is 2.21. The second-order valence-corrected chi connectivity index (χ2v) is 4.72. The molecule has 19 heavy (non-hydrogen) atoms. The highest BCUT2D eigenvalue weighted by molar-refractivity contribution is 5.98. The van der Waals surface area contributed by atoms with Gasteiger partial charge in [0.1, 0.15) is 18.5 Å². The molecule has 0 aliphatic heterocycles. The molecular weight excluding hydrogens is 244 g/mol. The van der Waals surface area contributed by atoms with Gasteiger partial charge in [-0.05, 0) is 43.5 Å². The van der Waals surface area contributed by atoms with E-state index in [9.17, 15) is 9.90 Å². The Morgan fingerprint density at radius 2 is 2.16 bits per heavy atom. The van der Waals surface area contributed by atoms with Gasteiger partial charge in [0, 0.05) is 18.6 Å². The Labute approximate surface area is 113 Å². The maximum absolute atomic E-state index is 11.7. The number of carbonyl (C=O) groups excluding carboxylic acids is 1. The molecule has 0 saturated heterocycles. The van der Waals surface area contributed by atoms with Crippen molar-refractivity contribution >= 4 is 5.78 Å². The van der Waals surface area contributed by atoms with Crippen molar-refractivity contribution in [2.75, 3.05) is 19.8 Å². The van der Waals surface area contributed by atoms with Gasteiger partial charge in [-0.25, -0.2) is 0 Å². The number of benzene rings is 1. The number of hydrogen-bond donors (Lipinski definition) is 1. The molecular formula is C15H20O4. The number of rotatable bonds is 6. The first-order valence-electron chi connectivity index (χ1n) is 6.75. The van der Waals surface area contributed by atoms with Crippen molar-refractivity contribution in [1.29, 1.82) is 0 Å². The monoisotopic (exact) mass is 264 g/mol. The topological polar surface area (TPSA) is 55.8 Å². The highest BCUT2D eigenvalue weighted by Crippen LogP contribution is 2.25. The maximum atomic E-state index is 11.7. The second-order valence-electron chi connectivity index (χ2n) is 4.72. The van der Waals surface area contributed by atoms with Gasteiger partial charge >= 0.3 is 0 Å². The van der Waals surface area contributed by atoms with Crippen LogP contribution in [0, 0.1) is 0 Å². The van der Waals surface area contributed by atoms with E-state index < -0.39 is 6.10 Å². The molecule has 0 fully saturated rings. The minimum Gasteiger partial charge on any atom is -0.491 e. The molecule has 4 heteroatoms. The number of ether oxygens (including phenoxy) is 2. The number of aliphatic hydroxyl groups excluding tert-OH is 1. The molecule has 1 aromatic rings. The van der Waals surface area contributed by atoms with E-state index in [-0.39, 0.29) is 19.0 Å². The van der Waals surface area contributed by atoms with Crippen molar-refractivity contribution < 1.29 is 19.4 Å². The van der Waals surface area contributed by atoms with Crippen LogP contribution in [0.25, 0.3) is 0 Å². The zero-order valence-corrected chi connectivity index (χ0v) is 11.2. The minimum atomic E-state index is -0.627. The second kappa shape index (κ2) is 6.68. The number of fused-ring (bicyclic) bond motifs is 1. The summed E-state index contributed by atoms with van der Waals surface area (Å²) in [4.78, 5) is 11.7. The van der Waals surface area contributed by atoms with Gasteiger partial charge < -0.3 is 14.6 Å². The van der Waals surface area contributed by atoms with Gasteiger partial charge in [-0.15, -0.1) is 0 Å². The summed E-state index contributed by atoms with van der Waals surface area (Å²) < 4.78 is 10.6. The van der Waals surface area contributed by atoms with Gasteiger partial charge in [-0.1, -0.05) is 0 Å². The van der Waals surface area contributed by atoms with E-state index in [1.54, 1.807) is 6.07 Å². The molecule has 2 rings (SSSR count). The van der Waals surface area contributed by atoms with Crippen LogP contribution in [-0.4, -0.2) is 36.8 Å². The number of hydrogen-bond acceptors (Lipinski definition) is 4. The van der Waals surface area contributed by atoms with Crippen LogP contribution in [0.2, 0.25) is 0 Å². The Hall–Kier alpha value is -1.39. The molecule has 1 aromatic carbocycles. The van der Waals surface area contributed by atoms with Crippen LogP contribution < -0.4 is 4.74 Å². The highest BCUT2D eigenvalue weighted by atomic mass is 16.5. The Kier molecular flexibility index (Phi) is 4.93. The molecule has 1 aliphatic carbocycles. The predicted octanol–water partition coefficient (Wildman–Crippen LogP) is 1.98. The Balaban J connectivity index is 1.93. The Morgan fingerprint density at radius 3 is 2.95 bits per heavy atom. The smallest absolute Gasteiger partial charge is 0.163 e. The largest absolute Gasteiger partial charge is 0.491 e. The van der Waals surface area contributed by atoms with Gasteiger partial charge in [-0.3, -0.25) is 4.79 Å². The third kappa shape index (κ3) is 3.78. The first kappa shape index (κ1) is 14.0. The summed E-state index contributed by atoms with van der Waals surface area (Å²) in [5.41, 5.74) is 1.86. The first-order valence-corrected chi connectivity index (χ1v) is 6.75. The molecule has 0 saturated carbocycles. The van der Waals surface area contributed by atoms with Crippen molar-refractivity contribution in [2.24, 2.45) is 0 Å². The van der Waals surface area contributed by atoms with E-state index in [0.29, 0.717) is 18.8 Å². The average Bonchev–Trinajstić information content (AvgIpc) is 2.43. The van der Waals surface area contributed by atoms with E-state index in [1.165, 1.54) is 0 Å². The van der Waals surface area contributed by atoms with Crippen molar-refractivity contribution in [1.82, 2.24) is 0 Å². The molecule has 1 aliphatic rings. The quantitative estimate of drug-likeness (QED) is 0.853. The van der Waals surface area contributed by atoms with Crippen LogP contribution in [0.15, 0.2) is 18.2 Å². The summed E-state index contributed by atoms with van der Waals surface area (Å²) >= 11 is 0. The van der Waals surface area contributed by atoms with Gasteiger partial charge in [0.2, 0.25) is 0 Å². The van der Waals surface area contributed by atoms with E-state index in [2.05, 4.69) is 0 Å². The third-order valence-electron chi connectivity index (χ3n) is 3.18. The molecule has 0 aromatic heterocycles. The average molecular weight is 264 g/mol. The van der Waals surface area contributed by atoms with Gasteiger partial charge in [0.15, 0.2) is 5.78 Å². The maximum Gasteiger partial charge on any atom is 0.163 e. The SMILES string of the molecule is CCOC[C@H](O)COc1ccc2c(c1)CCCC2=O. The molecule has 1 atom stereocenters. The van der Waals surface area contributed by atoms with E-state index >= 15 is 0 Å². The van der Waals surface area contributed by atoms with Gasteiger partial charge in [-0.2, -0.15) is 0 Å². The molecule has 104 valence electrons. The summed E-state index contributed by atoms with van der Waals surface area (Å²) in [6.07, 6.45) is 1.83. The van der Waals surface area contributed by atoms with Crippen LogP contribution in [0.4, 0.5) is 0 Å². The molecule has 0 unspecified atom stereocenters. The molecule has 0 bridgehead atoms. The van der Waals surface area contributed by atoms with E-state index in [1.807, 2.05) is 19.1 Å². The Morgan fingerprint density at radius 1 is 1.32 bits per heavy atom. The highest BCUT2D eigenvalue weighted by Gasteiger charge is 2.17. The molecule has 1 N–H and O–H groups in total. The van der Waals surface area contributed by atoms with E-state index in [4.69, 9.17) is 9.47 Å². The van der Waals surface area contributed by atoms with Crippen LogP contribution in [-0.2, 0) is 11.2 Å². The van der Waals surface area contributed by atoms with Crippen molar-refractivity contribution in [2.45, 2.75) is 32.3 Å². The fraction of sp³-hybridized carbons (Fsp3) is 0.533. The number of carbonyl (C=O) groups is 1. The molecule has 0 amide bonds. The summed E-state index contributed by atoms with van der Waals surface area (Å²) in [5, 5.41) is 9.62. The lowest BCUT2D eigenvalue weighted by Gasteiger charge is -2.17. The van der Waals surface area contributed by atoms with Crippen molar-refractivity contribution in [3.8, 4) is 5.75 Å². The molecule has 0 spiro atoms. The first-order chi connectivity index (χ1) is 9.20. The third-order valence-corrected chi connectivity index (χ3v) is 3.18. The van der Waals surface area contributed by atoms with E-state index in [0.717, 1.165) is 24.0 Å². The lowest BCUT2D eigenvalue weighted by Crippen LogP contribution is -2.23. The summed E-state index contributed by atoms with van der Waals surface area (Å²) in [6.45, 7) is 2.94. The van der Waals surface area contributed by atoms with Gasteiger partial charge in [0.05, 0.1) is 6.61 Å². The summed E-state index contributed by atoms with van der Waals surface area (Å²) in [6, 6.07) is 5.51. The molecule has 0 heterocycles. The van der Waals surface area contributed by atoms with Crippen molar-refractivity contribution in [3.05, 3.63) is 29.3 Å². The predicted molar refractivity (Wildman–Crippen MR) is 71.7 cm³/mol. The van der Waals surface area contributed by atoms with Crippen molar-refractivity contribution in [3.63, 3.8) is 0 Å². The minimum absolute atomic E-state index is 0.201. The lowest BCUT2D eigenvalue weighted by atomic mass is 9.90. The fourth-order valence-electron chi connectivity index (χ4n) is 2.21. The van der Waals surface area contributed by atoms with Crippen LogP contribution in [0.1, 0.15) is 35.7 Å². The zero-order chi connectivity index (χ0) is 13.7.